The van der Waals surface area contributed by atoms with E-state index >= 15 is 0 Å². The summed E-state index contributed by atoms with van der Waals surface area (Å²) >= 11 is 0. The first-order valence-electron chi connectivity index (χ1n) is 7.61. The van der Waals surface area contributed by atoms with Gasteiger partial charge in [-0.05, 0) is 23.8 Å². The van der Waals surface area contributed by atoms with Crippen molar-refractivity contribution < 1.29 is 9.50 Å². The Morgan fingerprint density at radius 3 is 2.83 bits per heavy atom. The maximum Gasteiger partial charge on any atom is 0.286 e. The van der Waals surface area contributed by atoms with Crippen molar-refractivity contribution in [3.05, 3.63) is 73.1 Å². The second-order valence-electron chi connectivity index (χ2n) is 5.20. The summed E-state index contributed by atoms with van der Waals surface area (Å²) in [5, 5.41) is 6.37. The lowest BCUT2D eigenvalue weighted by atomic mass is 10.1. The Morgan fingerprint density at radius 2 is 2.08 bits per heavy atom. The van der Waals surface area contributed by atoms with Gasteiger partial charge in [0.2, 0.25) is 0 Å². The Balaban J connectivity index is 1.94. The van der Waals surface area contributed by atoms with Gasteiger partial charge < -0.3 is 0 Å². The molecule has 0 aliphatic carbocycles. The lowest BCUT2D eigenvalue weighted by molar-refractivity contribution is -0.510. The van der Waals surface area contributed by atoms with Crippen LogP contribution in [0.5, 0.6) is 0 Å². The molecule has 0 fully saturated rings. The normalized spacial score (nSPS) is 11.5. The third kappa shape index (κ3) is 3.17. The maximum absolute atomic E-state index is 5.11. The molecular formula is C18H20N6+2. The Kier molecular flexibility index (Phi) is 4.67. The van der Waals surface area contributed by atoms with E-state index in [0.717, 1.165) is 29.0 Å². The van der Waals surface area contributed by atoms with Gasteiger partial charge in [-0.15, -0.1) is 0 Å². The average Bonchev–Trinajstić information content (AvgIpc) is 2.99. The predicted octanol–water partition coefficient (Wildman–Crippen LogP) is -0.0141. The highest BCUT2D eigenvalue weighted by atomic mass is 15.3. The average molecular weight is 320 g/mol. The largest absolute Gasteiger partial charge is 0.286 e. The smallest absolute Gasteiger partial charge is 0.276 e. The molecule has 3 rings (SSSR count). The number of nitrogens with zero attached hydrogens (tertiary/aromatic N) is 3. The molecule has 0 aliphatic heterocycles. The Hall–Kier alpha value is -3.41. The molecule has 0 aliphatic rings. The summed E-state index contributed by atoms with van der Waals surface area (Å²) in [7, 11) is 0. The molecule has 0 spiro atoms. The van der Waals surface area contributed by atoms with Crippen LogP contribution >= 0.6 is 0 Å². The van der Waals surface area contributed by atoms with E-state index in [-0.39, 0.29) is 0 Å². The summed E-state index contributed by atoms with van der Waals surface area (Å²) in [4.78, 5) is 0. The number of benzene rings is 1. The zero-order valence-electron chi connectivity index (χ0n) is 13.3. The van der Waals surface area contributed by atoms with E-state index in [1.54, 1.807) is 6.21 Å². The van der Waals surface area contributed by atoms with Crippen LogP contribution in [-0.4, -0.2) is 17.1 Å². The van der Waals surface area contributed by atoms with Crippen LogP contribution in [0.15, 0.2) is 72.6 Å². The molecule has 2 heterocycles. The minimum atomic E-state index is 0.755. The second-order valence-corrected chi connectivity index (χ2v) is 5.20. The van der Waals surface area contributed by atoms with E-state index in [2.05, 4.69) is 55.6 Å². The van der Waals surface area contributed by atoms with E-state index < -0.39 is 0 Å². The number of hydrogen-bond donors (Lipinski definition) is 3. The Labute approximate surface area is 140 Å². The van der Waals surface area contributed by atoms with Crippen LogP contribution in [0.25, 0.3) is 16.9 Å². The van der Waals surface area contributed by atoms with Crippen molar-refractivity contribution in [2.45, 2.75) is 6.54 Å². The van der Waals surface area contributed by atoms with Crippen LogP contribution in [0.2, 0.25) is 0 Å². The molecule has 0 radical (unpaired) electrons. The topological polar surface area (TPSA) is 73.4 Å². The summed E-state index contributed by atoms with van der Waals surface area (Å²) in [5.74, 6) is 5.11. The fourth-order valence-electron chi connectivity index (χ4n) is 2.59. The van der Waals surface area contributed by atoms with E-state index in [9.17, 15) is 0 Å². The monoisotopic (exact) mass is 320 g/mol. The number of allylic oxidation sites excluding steroid dienone is 1. The molecule has 6 nitrogen and oxygen atoms in total. The molecule has 24 heavy (non-hydrogen) atoms. The first-order chi connectivity index (χ1) is 11.8. The third-order valence-corrected chi connectivity index (χ3v) is 3.65. The van der Waals surface area contributed by atoms with Gasteiger partial charge in [0.15, 0.2) is 5.69 Å². The van der Waals surface area contributed by atoms with Gasteiger partial charge in [-0.2, -0.15) is 10.5 Å². The number of nitrogens with two attached hydrogens (primary N) is 1. The molecule has 0 saturated carbocycles. The fourth-order valence-corrected chi connectivity index (χ4v) is 2.59. The van der Waals surface area contributed by atoms with Crippen molar-refractivity contribution in [3.63, 3.8) is 0 Å². The first-order valence-corrected chi connectivity index (χ1v) is 7.61. The summed E-state index contributed by atoms with van der Waals surface area (Å²) in [6, 6.07) is 14.4. The molecule has 0 amide bonds. The summed E-state index contributed by atoms with van der Waals surface area (Å²) in [6.07, 6.45) is 9.26. The van der Waals surface area contributed by atoms with E-state index in [1.807, 2.05) is 36.5 Å². The molecule has 120 valence electrons. The fraction of sp³-hybridized carbons (Fsp3) is 0.0556. The van der Waals surface area contributed by atoms with Crippen molar-refractivity contribution in [1.82, 2.24) is 9.99 Å². The first kappa shape index (κ1) is 15.5. The van der Waals surface area contributed by atoms with Crippen molar-refractivity contribution in [2.24, 2.45) is 10.9 Å². The van der Waals surface area contributed by atoms with Gasteiger partial charge in [-0.3, -0.25) is 5.84 Å². The molecule has 1 aromatic carbocycles. The van der Waals surface area contributed by atoms with Crippen LogP contribution in [0, 0.1) is 0 Å². The number of hydrazine groups is 1. The lowest BCUT2D eigenvalue weighted by Gasteiger charge is -2.01. The Morgan fingerprint density at radius 1 is 1.25 bits per heavy atom. The van der Waals surface area contributed by atoms with Gasteiger partial charge in [0, 0.05) is 11.6 Å². The van der Waals surface area contributed by atoms with Gasteiger partial charge in [0.25, 0.3) is 12.0 Å². The van der Waals surface area contributed by atoms with E-state index in [1.165, 1.54) is 6.34 Å². The number of rotatable bonds is 6. The van der Waals surface area contributed by atoms with Crippen molar-refractivity contribution in [3.8, 4) is 11.3 Å². The highest BCUT2D eigenvalue weighted by Gasteiger charge is 2.17. The van der Waals surface area contributed by atoms with Crippen LogP contribution in [0.3, 0.4) is 0 Å². The number of imidazole rings is 1. The van der Waals surface area contributed by atoms with Crippen LogP contribution in [0.1, 0.15) is 5.56 Å². The molecule has 0 unspecified atom stereocenters. The molecule has 4 N–H and O–H groups in total. The summed E-state index contributed by atoms with van der Waals surface area (Å²) in [5.41, 5.74) is 7.07. The zero-order chi connectivity index (χ0) is 16.8. The molecule has 0 saturated heterocycles. The summed E-state index contributed by atoms with van der Waals surface area (Å²) < 4.78 is 4.35. The minimum Gasteiger partial charge on any atom is -0.276 e. The standard InChI is InChI=1S/C18H19N6/c1-2-10-24-17(13-23-11-4-3-5-18(23)24)16-8-6-15(7-9-16)12-21-22-14-20-19/h2-9,11-14H,1,10,19H2,(H,20,22)/q+1/p+1/b21-12-. The van der Waals surface area contributed by atoms with E-state index in [0.29, 0.717) is 0 Å². The highest BCUT2D eigenvalue weighted by Crippen LogP contribution is 2.21. The molecule has 3 aromatic rings. The second kappa shape index (κ2) is 7.23. The lowest BCUT2D eigenvalue weighted by Crippen LogP contribution is -2.78. The van der Waals surface area contributed by atoms with Crippen LogP contribution < -0.4 is 20.8 Å². The molecule has 0 atom stereocenters. The SMILES string of the molecule is C=CCn1c(-c2ccc(/C=N\NC=[NH+]N)cc2)c[n+]2ccccc12. The van der Waals surface area contributed by atoms with Crippen molar-refractivity contribution in [2.75, 3.05) is 0 Å². The van der Waals surface area contributed by atoms with Crippen molar-refractivity contribution in [1.29, 1.82) is 0 Å². The van der Waals surface area contributed by atoms with Gasteiger partial charge in [-0.25, -0.2) is 8.97 Å². The quantitative estimate of drug-likeness (QED) is 0.149. The van der Waals surface area contributed by atoms with E-state index in [4.69, 9.17) is 5.84 Å². The molecule has 6 heteroatoms. The van der Waals surface area contributed by atoms with Crippen LogP contribution in [0.4, 0.5) is 0 Å². The Bertz CT molecular complexity index is 890. The summed E-state index contributed by atoms with van der Waals surface area (Å²) in [6.45, 7) is 4.62. The van der Waals surface area contributed by atoms with Gasteiger partial charge in [0.05, 0.1) is 12.4 Å². The maximum atomic E-state index is 5.11. The van der Waals surface area contributed by atoms with Gasteiger partial charge in [-0.1, -0.05) is 36.0 Å². The number of hydrazone groups is 2. The molecular weight excluding hydrogens is 300 g/mol. The highest BCUT2D eigenvalue weighted by molar-refractivity contribution is 5.81. The predicted molar refractivity (Wildman–Crippen MR) is 95.2 cm³/mol. The number of hydrogen-bond acceptors (Lipinski definition) is 2. The van der Waals surface area contributed by atoms with Gasteiger partial charge >= 0.3 is 0 Å². The van der Waals surface area contributed by atoms with Gasteiger partial charge in [0.1, 0.15) is 12.7 Å². The number of fused-ring (bicyclic) bond motifs is 1. The zero-order valence-corrected chi connectivity index (χ0v) is 13.3. The number of nitrogens with one attached hydrogen (secondary N) is 2. The van der Waals surface area contributed by atoms with Crippen molar-refractivity contribution >= 4 is 18.2 Å². The molecule has 0 bridgehead atoms. The third-order valence-electron chi connectivity index (χ3n) is 3.65. The minimum absolute atomic E-state index is 0.755. The molecule has 2 aromatic heterocycles. The number of aromatic nitrogens is 2. The van der Waals surface area contributed by atoms with Crippen LogP contribution in [-0.2, 0) is 6.54 Å². The number of pyridine rings is 1.